The highest BCUT2D eigenvalue weighted by Gasteiger charge is 2.34. The van der Waals surface area contributed by atoms with Crippen LogP contribution >= 0.6 is 0 Å². The number of aromatic nitrogens is 2. The maximum atomic E-state index is 12.5. The number of amides is 1. The summed E-state index contributed by atoms with van der Waals surface area (Å²) in [4.78, 5) is 22.1. The maximum absolute atomic E-state index is 12.5. The number of hydrogen-bond donors (Lipinski definition) is 3. The fraction of sp³-hybridized carbons (Fsp3) is 0.545. The Bertz CT molecular complexity index is 653. The summed E-state index contributed by atoms with van der Waals surface area (Å²) in [6.45, 7) is 1.75. The smallest absolute Gasteiger partial charge is 0.340 e. The van der Waals surface area contributed by atoms with Crippen molar-refractivity contribution in [3.63, 3.8) is 0 Å². The predicted octanol–water partition coefficient (Wildman–Crippen LogP) is -0.603. The molecule has 1 aliphatic heterocycles. The van der Waals surface area contributed by atoms with Crippen LogP contribution in [0.2, 0.25) is 0 Å². The minimum atomic E-state index is -3.98. The quantitative estimate of drug-likeness (QED) is 0.679. The molecule has 21 heavy (non-hydrogen) atoms. The van der Waals surface area contributed by atoms with E-state index < -0.39 is 26.6 Å². The van der Waals surface area contributed by atoms with E-state index in [4.69, 9.17) is 5.11 Å². The maximum Gasteiger partial charge on any atom is 0.340 e. The van der Waals surface area contributed by atoms with Crippen molar-refractivity contribution in [2.24, 2.45) is 0 Å². The summed E-state index contributed by atoms with van der Waals surface area (Å²) in [5.41, 5.74) is -0.392. The summed E-state index contributed by atoms with van der Waals surface area (Å²) >= 11 is 0. The zero-order chi connectivity index (χ0) is 15.6. The average molecular weight is 316 g/mol. The Labute approximate surface area is 121 Å². The van der Waals surface area contributed by atoms with Gasteiger partial charge < -0.3 is 10.4 Å². The second kappa shape index (κ2) is 5.82. The Kier molecular flexibility index (Phi) is 4.28. The summed E-state index contributed by atoms with van der Waals surface area (Å²) in [6, 6.07) is -0.276. The third-order valence-electron chi connectivity index (χ3n) is 3.22. The highest BCUT2D eigenvalue weighted by Crippen LogP contribution is 2.21. The number of nitrogens with one attached hydrogen (secondary N) is 2. The van der Waals surface area contributed by atoms with Crippen LogP contribution in [-0.2, 0) is 14.8 Å². The van der Waals surface area contributed by atoms with Gasteiger partial charge in [-0.25, -0.2) is 13.2 Å². The van der Waals surface area contributed by atoms with Gasteiger partial charge in [-0.05, 0) is 12.8 Å². The Morgan fingerprint density at radius 2 is 2.24 bits per heavy atom. The molecular formula is C11H16N4O5S. The van der Waals surface area contributed by atoms with Gasteiger partial charge in [-0.1, -0.05) is 0 Å². The number of H-pyrrole nitrogens is 1. The molecule has 0 aromatic carbocycles. The molecule has 1 aromatic heterocycles. The van der Waals surface area contributed by atoms with E-state index in [-0.39, 0.29) is 25.0 Å². The number of carboxylic acids is 1. The second-order valence-electron chi connectivity index (χ2n) is 4.82. The monoisotopic (exact) mass is 316 g/mol. The number of nitrogens with zero attached hydrogens (tertiary/aromatic N) is 2. The summed E-state index contributed by atoms with van der Waals surface area (Å²) in [5, 5.41) is 17.0. The fourth-order valence-electron chi connectivity index (χ4n) is 2.32. The first-order chi connectivity index (χ1) is 9.82. The fourth-order valence-corrected chi connectivity index (χ4v) is 3.91. The number of carboxylic acid groups (broad SMARTS) is 1. The largest absolute Gasteiger partial charge is 0.478 e. The van der Waals surface area contributed by atoms with Gasteiger partial charge in [-0.15, -0.1) is 0 Å². The van der Waals surface area contributed by atoms with Crippen LogP contribution in [0.15, 0.2) is 11.2 Å². The highest BCUT2D eigenvalue weighted by molar-refractivity contribution is 7.89. The second-order valence-corrected chi connectivity index (χ2v) is 6.70. The highest BCUT2D eigenvalue weighted by atomic mass is 32.2. The van der Waals surface area contributed by atoms with Crippen LogP contribution in [0.1, 0.15) is 30.1 Å². The van der Waals surface area contributed by atoms with E-state index in [1.165, 1.54) is 6.92 Å². The molecule has 0 aliphatic carbocycles. The van der Waals surface area contributed by atoms with Gasteiger partial charge in [0.25, 0.3) is 10.0 Å². The van der Waals surface area contributed by atoms with Crippen LogP contribution in [0.3, 0.4) is 0 Å². The number of hydrogen-bond acceptors (Lipinski definition) is 5. The first-order valence-corrected chi connectivity index (χ1v) is 7.80. The van der Waals surface area contributed by atoms with E-state index in [0.717, 1.165) is 10.5 Å². The molecule has 9 nitrogen and oxygen atoms in total. The van der Waals surface area contributed by atoms with Crippen molar-refractivity contribution in [1.29, 1.82) is 0 Å². The third kappa shape index (κ3) is 3.22. The van der Waals surface area contributed by atoms with Crippen LogP contribution < -0.4 is 5.32 Å². The molecule has 1 atom stereocenters. The van der Waals surface area contributed by atoms with E-state index in [1.807, 2.05) is 0 Å². The Balaban J connectivity index is 2.24. The standard InChI is InChI=1S/C11H16N4O5S/c1-7(16)13-8-3-2-4-15(6-8)21(19,20)10-9(11(17)18)5-12-14-10/h5,8H,2-4,6H2,1H3,(H,12,14)(H,13,16)(H,17,18). The Morgan fingerprint density at radius 1 is 1.52 bits per heavy atom. The van der Waals surface area contributed by atoms with Crippen molar-refractivity contribution < 1.29 is 23.1 Å². The number of carbonyl (C=O) groups is 2. The van der Waals surface area contributed by atoms with Crippen LogP contribution in [0, 0.1) is 0 Å². The molecule has 3 N–H and O–H groups in total. The summed E-state index contributed by atoms with van der Waals surface area (Å²) in [7, 11) is -3.98. The Hall–Kier alpha value is -1.94. The summed E-state index contributed by atoms with van der Waals surface area (Å²) in [5.74, 6) is -1.59. The van der Waals surface area contributed by atoms with Crippen LogP contribution in [0.4, 0.5) is 0 Å². The minimum absolute atomic E-state index is 0.111. The summed E-state index contributed by atoms with van der Waals surface area (Å²) in [6.07, 6.45) is 2.23. The lowest BCUT2D eigenvalue weighted by Gasteiger charge is -2.31. The van der Waals surface area contributed by atoms with Gasteiger partial charge in [-0.3, -0.25) is 9.89 Å². The van der Waals surface area contributed by atoms with E-state index in [2.05, 4.69) is 15.5 Å². The molecule has 2 heterocycles. The van der Waals surface area contributed by atoms with Gasteiger partial charge in [0.05, 0.1) is 6.20 Å². The molecule has 1 unspecified atom stereocenters. The molecule has 1 fully saturated rings. The van der Waals surface area contributed by atoms with E-state index in [9.17, 15) is 18.0 Å². The number of piperidine rings is 1. The first-order valence-electron chi connectivity index (χ1n) is 6.36. The van der Waals surface area contributed by atoms with Crippen molar-refractivity contribution >= 4 is 21.9 Å². The first kappa shape index (κ1) is 15.4. The van der Waals surface area contributed by atoms with Crippen molar-refractivity contribution in [1.82, 2.24) is 19.8 Å². The molecular weight excluding hydrogens is 300 g/mol. The topological polar surface area (TPSA) is 132 Å². The molecule has 0 spiro atoms. The van der Waals surface area contributed by atoms with Crippen LogP contribution in [-0.4, -0.2) is 59.0 Å². The predicted molar refractivity (Wildman–Crippen MR) is 71.1 cm³/mol. The van der Waals surface area contributed by atoms with Crippen molar-refractivity contribution in [2.45, 2.75) is 30.8 Å². The average Bonchev–Trinajstić information content (AvgIpc) is 2.88. The summed E-state index contributed by atoms with van der Waals surface area (Å²) < 4.78 is 26.1. The molecule has 1 amide bonds. The van der Waals surface area contributed by atoms with Gasteiger partial charge in [0.15, 0.2) is 5.03 Å². The van der Waals surface area contributed by atoms with Crippen LogP contribution in [0.25, 0.3) is 0 Å². The molecule has 1 saturated heterocycles. The number of sulfonamides is 1. The number of carbonyl (C=O) groups excluding carboxylic acids is 1. The lowest BCUT2D eigenvalue weighted by Crippen LogP contribution is -2.49. The normalized spacial score (nSPS) is 20.1. The lowest BCUT2D eigenvalue weighted by atomic mass is 10.1. The van der Waals surface area contributed by atoms with E-state index >= 15 is 0 Å². The van der Waals surface area contributed by atoms with Gasteiger partial charge in [0, 0.05) is 26.1 Å². The minimum Gasteiger partial charge on any atom is -0.478 e. The molecule has 1 aromatic rings. The zero-order valence-corrected chi connectivity index (χ0v) is 12.2. The van der Waals surface area contributed by atoms with Gasteiger partial charge in [0.2, 0.25) is 5.91 Å². The molecule has 116 valence electrons. The number of aromatic carboxylic acids is 1. The van der Waals surface area contributed by atoms with Crippen molar-refractivity contribution in [3.8, 4) is 0 Å². The lowest BCUT2D eigenvalue weighted by molar-refractivity contribution is -0.119. The van der Waals surface area contributed by atoms with Crippen LogP contribution in [0.5, 0.6) is 0 Å². The van der Waals surface area contributed by atoms with Gasteiger partial charge in [-0.2, -0.15) is 9.40 Å². The molecule has 10 heteroatoms. The number of rotatable bonds is 4. The molecule has 1 aliphatic rings. The van der Waals surface area contributed by atoms with E-state index in [0.29, 0.717) is 12.8 Å². The molecule has 0 bridgehead atoms. The third-order valence-corrected chi connectivity index (χ3v) is 5.06. The molecule has 0 radical (unpaired) electrons. The molecule has 0 saturated carbocycles. The van der Waals surface area contributed by atoms with Crippen molar-refractivity contribution in [2.75, 3.05) is 13.1 Å². The Morgan fingerprint density at radius 3 is 2.86 bits per heavy atom. The molecule has 2 rings (SSSR count). The van der Waals surface area contributed by atoms with Gasteiger partial charge in [0.1, 0.15) is 5.56 Å². The SMILES string of the molecule is CC(=O)NC1CCCN(S(=O)(=O)c2[nH]ncc2C(=O)O)C1. The van der Waals surface area contributed by atoms with E-state index in [1.54, 1.807) is 0 Å². The van der Waals surface area contributed by atoms with Crippen molar-refractivity contribution in [3.05, 3.63) is 11.8 Å². The number of aromatic amines is 1. The zero-order valence-electron chi connectivity index (χ0n) is 11.4. The van der Waals surface area contributed by atoms with Gasteiger partial charge >= 0.3 is 5.97 Å².